The van der Waals surface area contributed by atoms with Crippen LogP contribution < -0.4 is 16.0 Å². The largest absolute Gasteiger partial charge is 0.465 e. The van der Waals surface area contributed by atoms with E-state index in [1.54, 1.807) is 6.92 Å². The topological polar surface area (TPSA) is 152 Å². The minimum absolute atomic E-state index is 0.0755. The van der Waals surface area contributed by atoms with Gasteiger partial charge in [-0.3, -0.25) is 29.3 Å². The van der Waals surface area contributed by atoms with E-state index >= 15 is 0 Å². The lowest BCUT2D eigenvalue weighted by molar-refractivity contribution is -0.149. The van der Waals surface area contributed by atoms with Crippen molar-refractivity contribution in [2.45, 2.75) is 115 Å². The molecule has 2 aliphatic carbocycles. The third kappa shape index (κ3) is 16.1. The van der Waals surface area contributed by atoms with E-state index in [4.69, 9.17) is 19.4 Å². The number of likely N-dealkylation sites (tertiary alicyclic amines) is 1. The third-order valence-electron chi connectivity index (χ3n) is 12.9. The molecule has 2 saturated heterocycles. The molecule has 2 aliphatic heterocycles. The van der Waals surface area contributed by atoms with E-state index < -0.39 is 6.04 Å². The van der Waals surface area contributed by atoms with Crippen molar-refractivity contribution >= 4 is 39.7 Å². The van der Waals surface area contributed by atoms with Gasteiger partial charge in [-0.2, -0.15) is 0 Å². The number of ether oxygens (including phenoxy) is 2. The van der Waals surface area contributed by atoms with Crippen molar-refractivity contribution in [3.63, 3.8) is 0 Å². The second-order valence-electron chi connectivity index (χ2n) is 17.8. The van der Waals surface area contributed by atoms with Gasteiger partial charge in [0.2, 0.25) is 11.8 Å². The van der Waals surface area contributed by atoms with Crippen molar-refractivity contribution in [2.75, 3.05) is 52.5 Å². The van der Waals surface area contributed by atoms with Crippen LogP contribution in [0.3, 0.4) is 0 Å². The van der Waals surface area contributed by atoms with E-state index in [0.29, 0.717) is 32.8 Å². The van der Waals surface area contributed by atoms with Crippen molar-refractivity contribution in [2.24, 2.45) is 11.8 Å². The molecule has 12 nitrogen and oxygen atoms in total. The summed E-state index contributed by atoms with van der Waals surface area (Å²) < 4.78 is 10.2. The van der Waals surface area contributed by atoms with Crippen LogP contribution in [-0.2, 0) is 67.2 Å². The molecule has 3 N–H and O–H groups in total. The number of nitrogens with zero attached hydrogens (tertiary/aromatic N) is 3. The summed E-state index contributed by atoms with van der Waals surface area (Å²) in [5.74, 6) is -0.139. The average molecular weight is 980 g/mol. The third-order valence-corrected chi connectivity index (χ3v) is 13.8. The molecule has 4 atom stereocenters. The van der Waals surface area contributed by atoms with Gasteiger partial charge in [-0.15, -0.1) is 0 Å². The summed E-state index contributed by atoms with van der Waals surface area (Å²) in [6, 6.07) is 27.5. The Labute approximate surface area is 406 Å². The predicted molar refractivity (Wildman–Crippen MR) is 266 cm³/mol. The highest BCUT2D eigenvalue weighted by Crippen LogP contribution is 2.30. The monoisotopic (exact) mass is 978 g/mol. The van der Waals surface area contributed by atoms with Gasteiger partial charge >= 0.3 is 11.9 Å². The van der Waals surface area contributed by atoms with E-state index in [1.807, 2.05) is 67.6 Å². The van der Waals surface area contributed by atoms with Crippen LogP contribution in [0.25, 0.3) is 0 Å². The fourth-order valence-electron chi connectivity index (χ4n) is 9.22. The number of pyridine rings is 2. The van der Waals surface area contributed by atoms with Gasteiger partial charge in [0.1, 0.15) is 10.9 Å². The number of hydrogen-bond acceptors (Lipinski definition) is 10. The highest BCUT2D eigenvalue weighted by Gasteiger charge is 2.37. The van der Waals surface area contributed by atoms with E-state index in [1.165, 1.54) is 60.3 Å². The molecule has 0 radical (unpaired) electrons. The van der Waals surface area contributed by atoms with Gasteiger partial charge in [0.15, 0.2) is 0 Å². The number of alkyl halides is 1. The standard InChI is InChI=1S/C27H35N3O3.C17H25N3O.C10H11BrO2/c1-2-33-27(32)25(21-10-4-3-5-11-21)30-18-16-22(19-30)26(31)28-17-8-12-23-15-14-20-9-6-7-13-24(20)29-23;21-17(14-9-11-18-12-14)19-10-3-5-15-8-7-13-4-1-2-6-16(13)20-15;1-2-13-10(12)9(11)8-6-4-3-5-7-8/h3-5,10-11,14-15,22,25H,2,6-9,12-13,16-19H2,1H3,(H,28,31);7-8,14,18H,1-6,9-12H2,(H,19,21);3-7,9H,2H2,1H3/t22-,25?;14-;/m11./s1. The smallest absolute Gasteiger partial charge is 0.327 e. The zero-order valence-corrected chi connectivity index (χ0v) is 41.2. The summed E-state index contributed by atoms with van der Waals surface area (Å²) in [7, 11) is 0. The van der Waals surface area contributed by atoms with Crippen molar-refractivity contribution in [1.29, 1.82) is 0 Å². The number of aromatic nitrogens is 2. The maximum Gasteiger partial charge on any atom is 0.327 e. The van der Waals surface area contributed by atoms with Gasteiger partial charge in [0.25, 0.3) is 0 Å². The van der Waals surface area contributed by atoms with Crippen LogP contribution >= 0.6 is 15.9 Å². The fourth-order valence-corrected chi connectivity index (χ4v) is 9.66. The van der Waals surface area contributed by atoms with E-state index in [9.17, 15) is 19.2 Å². The van der Waals surface area contributed by atoms with E-state index in [-0.39, 0.29) is 40.4 Å². The van der Waals surface area contributed by atoms with Gasteiger partial charge < -0.3 is 25.4 Å². The lowest BCUT2D eigenvalue weighted by Crippen LogP contribution is -2.37. The molecule has 2 fully saturated rings. The summed E-state index contributed by atoms with van der Waals surface area (Å²) in [6.45, 7) is 8.85. The zero-order valence-electron chi connectivity index (χ0n) is 39.6. The summed E-state index contributed by atoms with van der Waals surface area (Å²) in [5, 5.41) is 9.38. The Morgan fingerprint density at radius 2 is 1.19 bits per heavy atom. The first-order valence-corrected chi connectivity index (χ1v) is 25.7. The Hall–Kier alpha value is -4.98. The van der Waals surface area contributed by atoms with Crippen LogP contribution in [0.1, 0.15) is 121 Å². The molecule has 4 heterocycles. The number of benzene rings is 2. The SMILES string of the molecule is CCOC(=O)C(Br)c1ccccc1.CCOC(=O)C(c1ccccc1)N1CC[C@@H](C(=O)NCCCc2ccc3c(n2)CCCC3)C1.O=C(NCCCc1ccc2c(n1)CCCC2)[C@@H]1CCNC1. The van der Waals surface area contributed by atoms with E-state index in [0.717, 1.165) is 94.2 Å². The Morgan fingerprint density at radius 3 is 1.73 bits per heavy atom. The number of carbonyl (C=O) groups is 4. The predicted octanol–water partition coefficient (Wildman–Crippen LogP) is 7.94. The molecule has 8 rings (SSSR count). The summed E-state index contributed by atoms with van der Waals surface area (Å²) in [6.07, 6.45) is 15.0. The van der Waals surface area contributed by atoms with Gasteiger partial charge in [-0.05, 0) is 145 Å². The first-order valence-electron chi connectivity index (χ1n) is 24.8. The highest BCUT2D eigenvalue weighted by molar-refractivity contribution is 9.09. The number of esters is 2. The minimum atomic E-state index is -0.459. The average Bonchev–Trinajstić information content (AvgIpc) is 4.10. The number of rotatable bonds is 17. The summed E-state index contributed by atoms with van der Waals surface area (Å²) in [4.78, 5) is 60.0. The molecule has 4 aliphatic rings. The van der Waals surface area contributed by atoms with Gasteiger partial charge in [-0.25, -0.2) is 4.79 Å². The van der Waals surface area contributed by atoms with E-state index in [2.05, 4.69) is 61.0 Å². The molecule has 0 spiro atoms. The van der Waals surface area contributed by atoms with Crippen molar-refractivity contribution in [1.82, 2.24) is 30.8 Å². The highest BCUT2D eigenvalue weighted by atomic mass is 79.9. The number of amides is 2. The molecular weight excluding hydrogens is 909 g/mol. The number of halogens is 1. The first-order chi connectivity index (χ1) is 32.7. The number of aryl methyl sites for hydroxylation is 6. The summed E-state index contributed by atoms with van der Waals surface area (Å²) in [5.41, 5.74) is 9.54. The van der Waals surface area contributed by atoms with Gasteiger partial charge in [-0.1, -0.05) is 88.7 Å². The van der Waals surface area contributed by atoms with Crippen LogP contribution in [0.2, 0.25) is 0 Å². The normalized spacial score (nSPS) is 18.3. The Kier molecular flexibility index (Phi) is 21.3. The first kappa shape index (κ1) is 51.4. The molecule has 4 aromatic rings. The molecule has 2 aromatic carbocycles. The van der Waals surface area contributed by atoms with Crippen molar-refractivity contribution in [3.8, 4) is 0 Å². The maximum atomic E-state index is 12.8. The Morgan fingerprint density at radius 1 is 0.672 bits per heavy atom. The molecule has 2 aromatic heterocycles. The molecular formula is C54H71BrN6O6. The fraction of sp³-hybridized carbons (Fsp3) is 0.519. The molecule has 0 saturated carbocycles. The Balaban J connectivity index is 0.000000185. The van der Waals surface area contributed by atoms with Gasteiger partial charge in [0.05, 0.1) is 25.0 Å². The number of fused-ring (bicyclic) bond motifs is 2. The van der Waals surface area contributed by atoms with Crippen LogP contribution in [0.4, 0.5) is 0 Å². The molecule has 2 unspecified atom stereocenters. The quantitative estimate of drug-likeness (QED) is 0.0541. The van der Waals surface area contributed by atoms with Crippen LogP contribution in [0.5, 0.6) is 0 Å². The number of carbonyl (C=O) groups excluding carboxylic acids is 4. The van der Waals surface area contributed by atoms with Crippen molar-refractivity contribution < 1.29 is 28.7 Å². The second-order valence-corrected chi connectivity index (χ2v) is 18.7. The Bertz CT molecular complexity index is 2170. The molecule has 0 bridgehead atoms. The van der Waals surface area contributed by atoms with Crippen LogP contribution in [-0.4, -0.2) is 91.1 Å². The molecule has 360 valence electrons. The second kappa shape index (κ2) is 27.7. The lowest BCUT2D eigenvalue weighted by atomic mass is 9.95. The molecule has 67 heavy (non-hydrogen) atoms. The lowest BCUT2D eigenvalue weighted by Gasteiger charge is -2.26. The molecule has 13 heteroatoms. The van der Waals surface area contributed by atoms with Gasteiger partial charge in [0, 0.05) is 55.5 Å². The molecule has 2 amide bonds. The van der Waals surface area contributed by atoms with Crippen LogP contribution in [0.15, 0.2) is 84.9 Å². The minimum Gasteiger partial charge on any atom is -0.465 e. The zero-order chi connectivity index (χ0) is 47.2. The van der Waals surface area contributed by atoms with Crippen molar-refractivity contribution in [3.05, 3.63) is 130 Å². The van der Waals surface area contributed by atoms with Crippen LogP contribution in [0, 0.1) is 11.8 Å². The number of nitrogens with one attached hydrogen (secondary N) is 3. The maximum absolute atomic E-state index is 12.8. The summed E-state index contributed by atoms with van der Waals surface area (Å²) >= 11 is 3.28. The number of hydrogen-bond donors (Lipinski definition) is 3.